The number of aliphatic imine (C=N–C) groups is 1. The first-order valence-corrected chi connectivity index (χ1v) is 9.76. The van der Waals surface area contributed by atoms with Crippen molar-refractivity contribution in [3.63, 3.8) is 0 Å². The van der Waals surface area contributed by atoms with Gasteiger partial charge >= 0.3 is 0 Å². The second kappa shape index (κ2) is 11.8. The van der Waals surface area contributed by atoms with Crippen molar-refractivity contribution in [1.29, 1.82) is 0 Å². The van der Waals surface area contributed by atoms with Crippen molar-refractivity contribution in [1.82, 2.24) is 25.2 Å². The predicted molar refractivity (Wildman–Crippen MR) is 123 cm³/mol. The van der Waals surface area contributed by atoms with E-state index in [4.69, 9.17) is 0 Å². The van der Waals surface area contributed by atoms with Gasteiger partial charge in [0.05, 0.1) is 0 Å². The second-order valence-electron chi connectivity index (χ2n) is 5.74. The zero-order valence-corrected chi connectivity index (χ0v) is 18.5. The topological polar surface area (TPSA) is 66.6 Å². The molecule has 0 spiro atoms. The molecule has 8 heteroatoms. The average molecular weight is 496 g/mol. The van der Waals surface area contributed by atoms with Gasteiger partial charge in [0.15, 0.2) is 11.6 Å². The summed E-state index contributed by atoms with van der Waals surface area (Å²) in [5.41, 5.74) is 0.892. The van der Waals surface area contributed by atoms with Crippen molar-refractivity contribution in [2.45, 2.75) is 17.7 Å². The quantitative estimate of drug-likeness (QED) is 0.165. The Labute approximate surface area is 181 Å². The van der Waals surface area contributed by atoms with Gasteiger partial charge in [-0.15, -0.1) is 45.9 Å². The van der Waals surface area contributed by atoms with E-state index in [1.165, 1.54) is 4.90 Å². The van der Waals surface area contributed by atoms with Crippen LogP contribution in [0.5, 0.6) is 0 Å². The third-order valence-corrected chi connectivity index (χ3v) is 4.90. The highest BCUT2D eigenvalue weighted by Gasteiger charge is 2.04. The molecule has 0 aliphatic rings. The third kappa shape index (κ3) is 6.69. The van der Waals surface area contributed by atoms with Gasteiger partial charge in [0, 0.05) is 43.4 Å². The number of rotatable bonds is 8. The molecule has 0 atom stereocenters. The van der Waals surface area contributed by atoms with Crippen molar-refractivity contribution in [3.8, 4) is 0 Å². The van der Waals surface area contributed by atoms with E-state index in [-0.39, 0.29) is 24.0 Å². The van der Waals surface area contributed by atoms with Crippen LogP contribution in [0, 0.1) is 0 Å². The minimum Gasteiger partial charge on any atom is -0.356 e. The Morgan fingerprint density at radius 1 is 1.04 bits per heavy atom. The standard InChI is InChI=1S/C19H24N6S.HI/c1-20-19(22-13-15-26-16-8-3-2-4-9-16)21-12-7-11-18-24-23-17-10-5-6-14-25(17)18;/h2-6,8-10,14H,7,11-13,15H2,1H3,(H2,20,21,22);1H. The molecule has 2 aromatic heterocycles. The molecule has 0 amide bonds. The molecule has 1 aromatic carbocycles. The molecular weight excluding hydrogens is 471 g/mol. The molecule has 0 bridgehead atoms. The van der Waals surface area contributed by atoms with Crippen LogP contribution in [0.1, 0.15) is 12.2 Å². The number of hydrogen-bond donors (Lipinski definition) is 2. The fraction of sp³-hybridized carbons (Fsp3) is 0.316. The fourth-order valence-corrected chi connectivity index (χ4v) is 3.38. The minimum atomic E-state index is 0. The predicted octanol–water partition coefficient (Wildman–Crippen LogP) is 3.24. The van der Waals surface area contributed by atoms with Crippen molar-refractivity contribution < 1.29 is 0 Å². The van der Waals surface area contributed by atoms with Gasteiger partial charge in [-0.25, -0.2) is 0 Å². The Bertz CT molecular complexity index is 836. The second-order valence-corrected chi connectivity index (χ2v) is 6.90. The molecule has 144 valence electrons. The average Bonchev–Trinajstić information content (AvgIpc) is 3.11. The van der Waals surface area contributed by atoms with E-state index in [1.807, 2.05) is 46.6 Å². The number of nitrogens with zero attached hydrogens (tertiary/aromatic N) is 4. The van der Waals surface area contributed by atoms with E-state index in [0.717, 1.165) is 49.1 Å². The number of hydrogen-bond acceptors (Lipinski definition) is 4. The summed E-state index contributed by atoms with van der Waals surface area (Å²) in [4.78, 5) is 5.56. The van der Waals surface area contributed by atoms with Crippen LogP contribution >= 0.6 is 35.7 Å². The summed E-state index contributed by atoms with van der Waals surface area (Å²) >= 11 is 1.84. The van der Waals surface area contributed by atoms with Crippen LogP contribution in [0.15, 0.2) is 64.6 Å². The summed E-state index contributed by atoms with van der Waals surface area (Å²) in [6.45, 7) is 1.71. The van der Waals surface area contributed by atoms with E-state index in [9.17, 15) is 0 Å². The maximum Gasteiger partial charge on any atom is 0.191 e. The number of nitrogens with one attached hydrogen (secondary N) is 2. The molecule has 2 heterocycles. The molecule has 3 rings (SSSR count). The molecule has 0 unspecified atom stereocenters. The highest BCUT2D eigenvalue weighted by atomic mass is 127. The summed E-state index contributed by atoms with van der Waals surface area (Å²) in [6.07, 6.45) is 3.84. The SMILES string of the molecule is CN=C(NCCCc1nnc2ccccn12)NCCSc1ccccc1.I. The van der Waals surface area contributed by atoms with E-state index < -0.39 is 0 Å². The first kappa shape index (κ1) is 21.5. The van der Waals surface area contributed by atoms with E-state index in [0.29, 0.717) is 0 Å². The van der Waals surface area contributed by atoms with Crippen molar-refractivity contribution in [3.05, 3.63) is 60.6 Å². The molecule has 0 aliphatic carbocycles. The number of guanidine groups is 1. The van der Waals surface area contributed by atoms with Gasteiger partial charge < -0.3 is 10.6 Å². The molecule has 0 saturated carbocycles. The lowest BCUT2D eigenvalue weighted by atomic mass is 10.3. The van der Waals surface area contributed by atoms with Gasteiger partial charge in [-0.2, -0.15) is 0 Å². The zero-order valence-electron chi connectivity index (χ0n) is 15.3. The summed E-state index contributed by atoms with van der Waals surface area (Å²) in [7, 11) is 1.80. The fourth-order valence-electron chi connectivity index (χ4n) is 2.59. The number of halogens is 1. The van der Waals surface area contributed by atoms with Crippen molar-refractivity contribution in [2.24, 2.45) is 4.99 Å². The van der Waals surface area contributed by atoms with Crippen molar-refractivity contribution in [2.75, 3.05) is 25.9 Å². The van der Waals surface area contributed by atoms with Gasteiger partial charge in [0.2, 0.25) is 0 Å². The highest BCUT2D eigenvalue weighted by Crippen LogP contribution is 2.15. The molecule has 0 radical (unpaired) electrons. The smallest absolute Gasteiger partial charge is 0.191 e. The Morgan fingerprint density at radius 3 is 2.63 bits per heavy atom. The summed E-state index contributed by atoms with van der Waals surface area (Å²) < 4.78 is 2.04. The van der Waals surface area contributed by atoms with Crippen LogP contribution in [0.4, 0.5) is 0 Å². The van der Waals surface area contributed by atoms with Crippen LogP contribution in [-0.2, 0) is 6.42 Å². The molecule has 0 aliphatic heterocycles. The number of aromatic nitrogens is 3. The molecular formula is C19H25IN6S. The lowest BCUT2D eigenvalue weighted by Gasteiger charge is -2.11. The Balaban J connectivity index is 0.00000261. The van der Waals surface area contributed by atoms with Crippen LogP contribution in [0.25, 0.3) is 5.65 Å². The number of pyridine rings is 1. The largest absolute Gasteiger partial charge is 0.356 e. The first-order valence-electron chi connectivity index (χ1n) is 8.78. The molecule has 2 N–H and O–H groups in total. The van der Waals surface area contributed by atoms with Gasteiger partial charge in [-0.05, 0) is 30.7 Å². The van der Waals surface area contributed by atoms with E-state index in [2.05, 4.69) is 50.1 Å². The number of aryl methyl sites for hydroxylation is 1. The molecule has 0 fully saturated rings. The highest BCUT2D eigenvalue weighted by molar-refractivity contribution is 14.0. The Hall–Kier alpha value is -1.81. The molecule has 27 heavy (non-hydrogen) atoms. The zero-order chi connectivity index (χ0) is 18.0. The van der Waals surface area contributed by atoms with Crippen LogP contribution < -0.4 is 10.6 Å². The van der Waals surface area contributed by atoms with E-state index in [1.54, 1.807) is 7.05 Å². The van der Waals surface area contributed by atoms with Crippen LogP contribution in [0.3, 0.4) is 0 Å². The Morgan fingerprint density at radius 2 is 1.81 bits per heavy atom. The molecule has 6 nitrogen and oxygen atoms in total. The van der Waals surface area contributed by atoms with Crippen molar-refractivity contribution >= 4 is 47.3 Å². The number of benzene rings is 1. The lowest BCUT2D eigenvalue weighted by molar-refractivity contribution is 0.718. The van der Waals surface area contributed by atoms with Gasteiger partial charge in [0.1, 0.15) is 5.82 Å². The molecule has 0 saturated heterocycles. The summed E-state index contributed by atoms with van der Waals surface area (Å²) in [5.74, 6) is 2.82. The maximum absolute atomic E-state index is 4.27. The summed E-state index contributed by atoms with van der Waals surface area (Å²) in [6, 6.07) is 16.4. The number of thioether (sulfide) groups is 1. The maximum atomic E-state index is 4.27. The molecule has 3 aromatic rings. The van der Waals surface area contributed by atoms with Gasteiger partial charge in [-0.3, -0.25) is 9.39 Å². The normalized spacial score (nSPS) is 11.2. The Kier molecular flexibility index (Phi) is 9.40. The number of fused-ring (bicyclic) bond motifs is 1. The third-order valence-electron chi connectivity index (χ3n) is 3.88. The minimum absolute atomic E-state index is 0. The first-order chi connectivity index (χ1) is 12.9. The summed E-state index contributed by atoms with van der Waals surface area (Å²) in [5, 5.41) is 15.1. The van der Waals surface area contributed by atoms with Crippen LogP contribution in [0.2, 0.25) is 0 Å². The monoisotopic (exact) mass is 496 g/mol. The van der Waals surface area contributed by atoms with Gasteiger partial charge in [-0.1, -0.05) is 24.3 Å². The van der Waals surface area contributed by atoms with E-state index >= 15 is 0 Å². The van der Waals surface area contributed by atoms with Gasteiger partial charge in [0.25, 0.3) is 0 Å². The van der Waals surface area contributed by atoms with Crippen LogP contribution in [-0.4, -0.2) is 46.4 Å². The lowest BCUT2D eigenvalue weighted by Crippen LogP contribution is -2.38.